The normalized spacial score (nSPS) is 10.9. The summed E-state index contributed by atoms with van der Waals surface area (Å²) in [6.45, 7) is 1.82. The molecule has 0 spiro atoms. The second-order valence-electron chi connectivity index (χ2n) is 4.10. The smallest absolute Gasteiger partial charge is 0.340 e. The first-order chi connectivity index (χ1) is 9.63. The van der Waals surface area contributed by atoms with Gasteiger partial charge >= 0.3 is 5.76 Å². The third-order valence-electron chi connectivity index (χ3n) is 2.64. The molecule has 0 N–H and O–H groups in total. The second-order valence-corrected chi connectivity index (χ2v) is 5.01. The fraction of sp³-hybridized carbons (Fsp3) is 0.167. The van der Waals surface area contributed by atoms with Gasteiger partial charge in [0.2, 0.25) is 5.89 Å². The first-order valence-electron chi connectivity index (χ1n) is 5.75. The Labute approximate surface area is 121 Å². The van der Waals surface area contributed by atoms with Crippen molar-refractivity contribution >= 4 is 15.9 Å². The summed E-state index contributed by atoms with van der Waals surface area (Å²) in [5, 5.41) is 7.56. The summed E-state index contributed by atoms with van der Waals surface area (Å²) in [7, 11) is 0. The molecule has 0 saturated heterocycles. The van der Waals surface area contributed by atoms with Crippen molar-refractivity contribution in [3.05, 3.63) is 51.0 Å². The van der Waals surface area contributed by atoms with Crippen molar-refractivity contribution < 1.29 is 9.05 Å². The molecule has 20 heavy (non-hydrogen) atoms. The Morgan fingerprint density at radius 1 is 1.30 bits per heavy atom. The van der Waals surface area contributed by atoms with E-state index in [0.717, 1.165) is 10.0 Å². The molecule has 7 nitrogen and oxygen atoms in total. The summed E-state index contributed by atoms with van der Waals surface area (Å²) in [6.07, 6.45) is 0. The minimum atomic E-state index is -0.567. The average Bonchev–Trinajstić information content (AvgIpc) is 2.98. The largest absolute Gasteiger partial charge is 0.442 e. The van der Waals surface area contributed by atoms with Crippen LogP contribution in [0.2, 0.25) is 0 Å². The number of halogens is 1. The van der Waals surface area contributed by atoms with Crippen LogP contribution >= 0.6 is 15.9 Å². The highest BCUT2D eigenvalue weighted by molar-refractivity contribution is 9.10. The molecule has 3 aromatic rings. The molecule has 0 fully saturated rings. The Kier molecular flexibility index (Phi) is 3.23. The molecule has 0 unspecified atom stereocenters. The Balaban J connectivity index is 2.03. The van der Waals surface area contributed by atoms with Gasteiger partial charge in [-0.25, -0.2) is 9.36 Å². The average molecular weight is 337 g/mol. The number of hydrogen-bond donors (Lipinski definition) is 0. The van der Waals surface area contributed by atoms with Gasteiger partial charge in [0, 0.05) is 17.0 Å². The molecule has 8 heteroatoms. The predicted molar refractivity (Wildman–Crippen MR) is 72.0 cm³/mol. The molecule has 0 radical (unpaired) electrons. The van der Waals surface area contributed by atoms with E-state index < -0.39 is 5.76 Å². The number of hydrogen-bond acceptors (Lipinski definition) is 6. The van der Waals surface area contributed by atoms with Gasteiger partial charge in [0.15, 0.2) is 11.6 Å². The molecular formula is C12H9BrN4O3. The van der Waals surface area contributed by atoms with Gasteiger partial charge in [-0.3, -0.25) is 4.52 Å². The van der Waals surface area contributed by atoms with Crippen molar-refractivity contribution in [1.29, 1.82) is 0 Å². The molecule has 0 saturated carbocycles. The van der Waals surface area contributed by atoms with E-state index >= 15 is 0 Å². The van der Waals surface area contributed by atoms with Crippen LogP contribution in [0, 0.1) is 6.92 Å². The van der Waals surface area contributed by atoms with E-state index in [9.17, 15) is 4.79 Å². The summed E-state index contributed by atoms with van der Waals surface area (Å²) in [5.74, 6) is 0.679. The molecular weight excluding hydrogens is 328 g/mol. The van der Waals surface area contributed by atoms with E-state index in [1.165, 1.54) is 4.57 Å². The summed E-state index contributed by atoms with van der Waals surface area (Å²) in [5.41, 5.74) is 0.755. The summed E-state index contributed by atoms with van der Waals surface area (Å²) in [6, 6.07) is 7.41. The fourth-order valence-electron chi connectivity index (χ4n) is 1.79. The van der Waals surface area contributed by atoms with Gasteiger partial charge in [-0.15, -0.1) is 0 Å². The second kappa shape index (κ2) is 5.04. The van der Waals surface area contributed by atoms with Crippen LogP contribution in [0.1, 0.15) is 11.7 Å². The lowest BCUT2D eigenvalue weighted by Gasteiger charge is -2.02. The van der Waals surface area contributed by atoms with Gasteiger partial charge in [-0.2, -0.15) is 4.98 Å². The SMILES string of the molecule is Cc1nc(Cn2c(-c3cccc(Br)c3)noc2=O)no1. The third kappa shape index (κ3) is 2.42. The van der Waals surface area contributed by atoms with E-state index in [1.807, 2.05) is 24.3 Å². The van der Waals surface area contributed by atoms with Crippen LogP contribution in [0.3, 0.4) is 0 Å². The summed E-state index contributed by atoms with van der Waals surface area (Å²) in [4.78, 5) is 15.8. The van der Waals surface area contributed by atoms with Crippen LogP contribution in [0.5, 0.6) is 0 Å². The molecule has 0 bridgehead atoms. The van der Waals surface area contributed by atoms with E-state index in [2.05, 4.69) is 31.2 Å². The van der Waals surface area contributed by atoms with Crippen molar-refractivity contribution in [3.63, 3.8) is 0 Å². The minimum absolute atomic E-state index is 0.140. The number of rotatable bonds is 3. The van der Waals surface area contributed by atoms with E-state index in [-0.39, 0.29) is 6.54 Å². The highest BCUT2D eigenvalue weighted by atomic mass is 79.9. The molecule has 3 rings (SSSR count). The monoisotopic (exact) mass is 336 g/mol. The van der Waals surface area contributed by atoms with Crippen molar-refractivity contribution in [2.24, 2.45) is 0 Å². The topological polar surface area (TPSA) is 87.0 Å². The number of aromatic nitrogens is 4. The Hall–Kier alpha value is -2.22. The number of aryl methyl sites for hydroxylation is 1. The highest BCUT2D eigenvalue weighted by Crippen LogP contribution is 2.20. The third-order valence-corrected chi connectivity index (χ3v) is 3.13. The van der Waals surface area contributed by atoms with Crippen molar-refractivity contribution in [2.75, 3.05) is 0 Å². The zero-order valence-corrected chi connectivity index (χ0v) is 12.0. The maximum atomic E-state index is 11.7. The first-order valence-corrected chi connectivity index (χ1v) is 6.54. The van der Waals surface area contributed by atoms with E-state index in [1.54, 1.807) is 6.92 Å². The molecule has 1 aromatic carbocycles. The highest BCUT2D eigenvalue weighted by Gasteiger charge is 2.15. The maximum absolute atomic E-state index is 11.7. The fourth-order valence-corrected chi connectivity index (χ4v) is 2.19. The van der Waals surface area contributed by atoms with Crippen LogP contribution in [-0.4, -0.2) is 19.9 Å². The molecule has 102 valence electrons. The van der Waals surface area contributed by atoms with Crippen molar-refractivity contribution in [1.82, 2.24) is 19.9 Å². The van der Waals surface area contributed by atoms with Crippen LogP contribution in [0.25, 0.3) is 11.4 Å². The van der Waals surface area contributed by atoms with E-state index in [4.69, 9.17) is 9.05 Å². The Morgan fingerprint density at radius 3 is 2.85 bits per heavy atom. The van der Waals surface area contributed by atoms with E-state index in [0.29, 0.717) is 17.5 Å². The molecule has 0 aliphatic heterocycles. The molecule has 2 heterocycles. The maximum Gasteiger partial charge on any atom is 0.442 e. The summed E-state index contributed by atoms with van der Waals surface area (Å²) >= 11 is 3.38. The zero-order valence-electron chi connectivity index (χ0n) is 10.4. The molecule has 2 aromatic heterocycles. The Morgan fingerprint density at radius 2 is 2.15 bits per heavy atom. The molecule has 0 amide bonds. The van der Waals surface area contributed by atoms with Gasteiger partial charge in [0.25, 0.3) is 0 Å². The molecule has 0 atom stereocenters. The quantitative estimate of drug-likeness (QED) is 0.727. The molecule has 0 aliphatic carbocycles. The molecule has 0 aliphatic rings. The van der Waals surface area contributed by atoms with Gasteiger partial charge in [0.05, 0.1) is 6.54 Å². The number of nitrogens with zero attached hydrogens (tertiary/aromatic N) is 4. The van der Waals surface area contributed by atoms with Gasteiger partial charge < -0.3 is 4.52 Å². The van der Waals surface area contributed by atoms with Crippen LogP contribution < -0.4 is 5.76 Å². The lowest BCUT2D eigenvalue weighted by molar-refractivity contribution is 0.372. The van der Waals surface area contributed by atoms with Crippen molar-refractivity contribution in [2.45, 2.75) is 13.5 Å². The summed E-state index contributed by atoms with van der Waals surface area (Å²) < 4.78 is 11.8. The lowest BCUT2D eigenvalue weighted by Crippen LogP contribution is -2.17. The van der Waals surface area contributed by atoms with Crippen LogP contribution in [0.15, 0.2) is 42.6 Å². The zero-order chi connectivity index (χ0) is 14.1. The first kappa shape index (κ1) is 12.8. The standard InChI is InChI=1S/C12H9BrN4O3/c1-7-14-10(15-19-7)6-17-11(16-20-12(17)18)8-3-2-4-9(13)5-8/h2-5H,6H2,1H3. The van der Waals surface area contributed by atoms with Crippen LogP contribution in [0.4, 0.5) is 0 Å². The predicted octanol–water partition coefficient (Wildman–Crippen LogP) is 2.01. The number of benzene rings is 1. The van der Waals surface area contributed by atoms with Gasteiger partial charge in [0.1, 0.15) is 0 Å². The lowest BCUT2D eigenvalue weighted by atomic mass is 10.2. The minimum Gasteiger partial charge on any atom is -0.340 e. The van der Waals surface area contributed by atoms with Gasteiger partial charge in [-0.05, 0) is 12.1 Å². The van der Waals surface area contributed by atoms with Gasteiger partial charge in [-0.1, -0.05) is 38.4 Å². The Bertz CT molecular complexity index is 805. The van der Waals surface area contributed by atoms with Crippen molar-refractivity contribution in [3.8, 4) is 11.4 Å². The van der Waals surface area contributed by atoms with Crippen LogP contribution in [-0.2, 0) is 6.54 Å².